The minimum atomic E-state index is 0.166. The minimum absolute atomic E-state index is 0.166. The highest BCUT2D eigenvalue weighted by molar-refractivity contribution is 5.80. The average molecular weight is 339 g/mol. The molecule has 0 unspecified atom stereocenters. The Balaban J connectivity index is 1.69. The summed E-state index contributed by atoms with van der Waals surface area (Å²) < 4.78 is 5.37. The van der Waals surface area contributed by atoms with Crippen molar-refractivity contribution in [3.63, 3.8) is 0 Å². The lowest BCUT2D eigenvalue weighted by atomic mass is 10.3. The third kappa shape index (κ3) is 6.28. The first kappa shape index (κ1) is 19.0. The van der Waals surface area contributed by atoms with E-state index in [-0.39, 0.29) is 5.91 Å². The second kappa shape index (κ2) is 10.5. The van der Waals surface area contributed by atoms with E-state index in [0.717, 1.165) is 84.5 Å². The van der Waals surface area contributed by atoms with E-state index in [9.17, 15) is 4.79 Å². The predicted octanol–water partition coefficient (Wildman–Crippen LogP) is 0.228. The van der Waals surface area contributed by atoms with Gasteiger partial charge in [0.15, 0.2) is 5.96 Å². The van der Waals surface area contributed by atoms with Crippen LogP contribution >= 0.6 is 0 Å². The molecule has 0 spiro atoms. The van der Waals surface area contributed by atoms with E-state index in [2.05, 4.69) is 22.0 Å². The Morgan fingerprint density at radius 3 is 2.33 bits per heavy atom. The van der Waals surface area contributed by atoms with Crippen LogP contribution in [0.5, 0.6) is 0 Å². The first-order valence-electron chi connectivity index (χ1n) is 9.29. The fraction of sp³-hybridized carbons (Fsp3) is 0.882. The van der Waals surface area contributed by atoms with Gasteiger partial charge in [-0.1, -0.05) is 0 Å². The minimum Gasteiger partial charge on any atom is -0.379 e. The van der Waals surface area contributed by atoms with Crippen LogP contribution in [0.4, 0.5) is 0 Å². The van der Waals surface area contributed by atoms with E-state index in [1.165, 1.54) is 6.42 Å². The maximum atomic E-state index is 11.4. The molecule has 1 amide bonds. The molecule has 2 saturated heterocycles. The van der Waals surface area contributed by atoms with Crippen LogP contribution in [0.15, 0.2) is 4.99 Å². The van der Waals surface area contributed by atoms with Gasteiger partial charge in [-0.15, -0.1) is 0 Å². The average Bonchev–Trinajstić information content (AvgIpc) is 2.61. The number of unbranched alkanes of at least 4 members (excludes halogenated alkanes) is 1. The van der Waals surface area contributed by atoms with Gasteiger partial charge in [0.1, 0.15) is 0 Å². The molecule has 2 aliphatic heterocycles. The number of nitrogens with zero attached hydrogens (tertiary/aromatic N) is 4. The van der Waals surface area contributed by atoms with Crippen LogP contribution in [0.3, 0.4) is 0 Å². The Hall–Kier alpha value is -1.34. The van der Waals surface area contributed by atoms with Crippen LogP contribution in [-0.2, 0) is 9.53 Å². The van der Waals surface area contributed by atoms with E-state index < -0.39 is 0 Å². The molecule has 7 heteroatoms. The van der Waals surface area contributed by atoms with Gasteiger partial charge in [-0.25, -0.2) is 0 Å². The van der Waals surface area contributed by atoms with E-state index in [1.807, 2.05) is 4.90 Å². The summed E-state index contributed by atoms with van der Waals surface area (Å²) in [6.45, 7) is 13.8. The molecule has 7 nitrogen and oxygen atoms in total. The number of nitrogens with one attached hydrogen (secondary N) is 1. The van der Waals surface area contributed by atoms with Crippen molar-refractivity contribution in [2.75, 3.05) is 72.1 Å². The second-order valence-electron chi connectivity index (χ2n) is 6.39. The standard InChI is InChI=1S/C17H33N5O2/c1-3-18-17(22-10-8-21(9-11-22)16(2)23)19-6-4-5-7-20-12-14-24-15-13-20/h3-15H2,1-2H3,(H,18,19). The van der Waals surface area contributed by atoms with Crippen LogP contribution < -0.4 is 5.32 Å². The molecule has 0 aromatic carbocycles. The summed E-state index contributed by atoms with van der Waals surface area (Å²) in [7, 11) is 0. The zero-order chi connectivity index (χ0) is 17.2. The van der Waals surface area contributed by atoms with Crippen LogP contribution in [0.1, 0.15) is 26.7 Å². The fourth-order valence-electron chi connectivity index (χ4n) is 3.12. The maximum Gasteiger partial charge on any atom is 0.219 e. The Bertz CT molecular complexity index is 402. The van der Waals surface area contributed by atoms with Gasteiger partial charge < -0.3 is 19.9 Å². The van der Waals surface area contributed by atoms with E-state index >= 15 is 0 Å². The monoisotopic (exact) mass is 339 g/mol. The molecule has 0 saturated carbocycles. The van der Waals surface area contributed by atoms with Crippen molar-refractivity contribution in [2.45, 2.75) is 26.7 Å². The Morgan fingerprint density at radius 1 is 1.04 bits per heavy atom. The van der Waals surface area contributed by atoms with E-state index in [0.29, 0.717) is 0 Å². The third-order valence-corrected chi connectivity index (χ3v) is 4.61. The van der Waals surface area contributed by atoms with E-state index in [1.54, 1.807) is 6.92 Å². The molecule has 2 rings (SSSR count). The van der Waals surface area contributed by atoms with Crippen LogP contribution in [0, 0.1) is 0 Å². The molecule has 0 aromatic heterocycles. The molecule has 2 heterocycles. The van der Waals surface area contributed by atoms with Crippen molar-refractivity contribution in [3.05, 3.63) is 0 Å². The van der Waals surface area contributed by atoms with Crippen LogP contribution in [0.2, 0.25) is 0 Å². The highest BCUT2D eigenvalue weighted by atomic mass is 16.5. The topological polar surface area (TPSA) is 60.4 Å². The van der Waals surface area contributed by atoms with Crippen molar-refractivity contribution < 1.29 is 9.53 Å². The normalized spacial score (nSPS) is 20.3. The summed E-state index contributed by atoms with van der Waals surface area (Å²) in [5.41, 5.74) is 0. The van der Waals surface area contributed by atoms with Gasteiger partial charge in [0.25, 0.3) is 0 Å². The summed E-state index contributed by atoms with van der Waals surface area (Å²) in [5, 5.41) is 3.38. The van der Waals surface area contributed by atoms with Crippen molar-refractivity contribution in [1.82, 2.24) is 20.0 Å². The first-order chi connectivity index (χ1) is 11.7. The number of hydrogen-bond acceptors (Lipinski definition) is 4. The van der Waals surface area contributed by atoms with Gasteiger partial charge in [-0.3, -0.25) is 14.7 Å². The number of aliphatic imine (C=N–C) groups is 1. The molecule has 0 aromatic rings. The number of carbonyl (C=O) groups is 1. The maximum absolute atomic E-state index is 11.4. The lowest BCUT2D eigenvalue weighted by molar-refractivity contribution is -0.130. The lowest BCUT2D eigenvalue weighted by Crippen LogP contribution is -2.53. The zero-order valence-corrected chi connectivity index (χ0v) is 15.3. The van der Waals surface area contributed by atoms with Crippen molar-refractivity contribution in [2.24, 2.45) is 4.99 Å². The Kier molecular flexibility index (Phi) is 8.32. The second-order valence-corrected chi connectivity index (χ2v) is 6.39. The summed E-state index contributed by atoms with van der Waals surface area (Å²) >= 11 is 0. The van der Waals surface area contributed by atoms with Gasteiger partial charge in [-0.05, 0) is 26.3 Å². The summed E-state index contributed by atoms with van der Waals surface area (Å²) in [5.74, 6) is 1.16. The quantitative estimate of drug-likeness (QED) is 0.426. The van der Waals surface area contributed by atoms with Gasteiger partial charge in [0.05, 0.1) is 13.2 Å². The fourth-order valence-corrected chi connectivity index (χ4v) is 3.12. The Morgan fingerprint density at radius 2 is 1.71 bits per heavy atom. The van der Waals surface area contributed by atoms with Crippen molar-refractivity contribution >= 4 is 11.9 Å². The Labute approximate surface area is 146 Å². The molecular formula is C17H33N5O2. The molecule has 0 bridgehead atoms. The molecule has 2 fully saturated rings. The summed E-state index contributed by atoms with van der Waals surface area (Å²) in [6, 6.07) is 0. The number of amides is 1. The number of rotatable bonds is 6. The van der Waals surface area contributed by atoms with Crippen molar-refractivity contribution in [1.29, 1.82) is 0 Å². The molecule has 0 atom stereocenters. The molecule has 24 heavy (non-hydrogen) atoms. The summed E-state index contributed by atoms with van der Waals surface area (Å²) in [6.07, 6.45) is 2.29. The largest absolute Gasteiger partial charge is 0.379 e. The highest BCUT2D eigenvalue weighted by Gasteiger charge is 2.20. The van der Waals surface area contributed by atoms with Gasteiger partial charge in [0.2, 0.25) is 5.91 Å². The molecule has 138 valence electrons. The summed E-state index contributed by atoms with van der Waals surface area (Å²) in [4.78, 5) is 22.8. The van der Waals surface area contributed by atoms with Gasteiger partial charge in [0, 0.05) is 59.3 Å². The zero-order valence-electron chi connectivity index (χ0n) is 15.3. The smallest absolute Gasteiger partial charge is 0.219 e. The lowest BCUT2D eigenvalue weighted by Gasteiger charge is -2.36. The highest BCUT2D eigenvalue weighted by Crippen LogP contribution is 2.04. The number of guanidine groups is 1. The number of carbonyl (C=O) groups excluding carboxylic acids is 1. The molecular weight excluding hydrogens is 306 g/mol. The van der Waals surface area contributed by atoms with Crippen LogP contribution in [-0.4, -0.2) is 98.7 Å². The van der Waals surface area contributed by atoms with Crippen LogP contribution in [0.25, 0.3) is 0 Å². The SMILES string of the molecule is CCNC(=NCCCCN1CCOCC1)N1CCN(C(C)=O)CC1. The predicted molar refractivity (Wildman–Crippen MR) is 96.3 cm³/mol. The molecule has 2 aliphatic rings. The van der Waals surface area contributed by atoms with Gasteiger partial charge >= 0.3 is 0 Å². The molecule has 0 radical (unpaired) electrons. The number of morpholine rings is 1. The first-order valence-corrected chi connectivity index (χ1v) is 9.29. The molecule has 0 aliphatic carbocycles. The van der Waals surface area contributed by atoms with E-state index in [4.69, 9.17) is 9.73 Å². The number of hydrogen-bond donors (Lipinski definition) is 1. The van der Waals surface area contributed by atoms with Gasteiger partial charge in [-0.2, -0.15) is 0 Å². The number of ether oxygens (including phenoxy) is 1. The molecule has 1 N–H and O–H groups in total. The number of piperazine rings is 1. The third-order valence-electron chi connectivity index (χ3n) is 4.61. The van der Waals surface area contributed by atoms with Crippen molar-refractivity contribution in [3.8, 4) is 0 Å².